The van der Waals surface area contributed by atoms with E-state index in [0.717, 1.165) is 16.7 Å². The molecule has 0 aliphatic heterocycles. The number of nitrogens with zero attached hydrogens (tertiary/aromatic N) is 1. The zero-order chi connectivity index (χ0) is 23.8. The number of aryl methyl sites for hydroxylation is 1. The number of pyridine rings is 1. The summed E-state index contributed by atoms with van der Waals surface area (Å²) in [5.41, 5.74) is 4.30. The van der Waals surface area contributed by atoms with E-state index >= 15 is 0 Å². The van der Waals surface area contributed by atoms with Gasteiger partial charge in [0.1, 0.15) is 5.75 Å². The molecule has 2 N–H and O–H groups in total. The number of carboxylic acids is 1. The predicted octanol–water partition coefficient (Wildman–Crippen LogP) is 0.538. The Bertz CT molecular complexity index is 1180. The molecule has 8 heteroatoms. The minimum atomic E-state index is -1.30. The van der Waals surface area contributed by atoms with Gasteiger partial charge in [-0.2, -0.15) is 11.8 Å². The van der Waals surface area contributed by atoms with Crippen molar-refractivity contribution in [3.63, 3.8) is 0 Å². The van der Waals surface area contributed by atoms with Gasteiger partial charge in [0.15, 0.2) is 0 Å². The number of aromatic hydroxyl groups is 1. The molecule has 0 aliphatic carbocycles. The third-order valence-corrected chi connectivity index (χ3v) is 5.85. The number of aromatic nitrogens is 1. The maximum atomic E-state index is 13.1. The molecule has 0 bridgehead atoms. The number of thioether (sulfide) groups is 1. The van der Waals surface area contributed by atoms with Crippen molar-refractivity contribution >= 4 is 35.8 Å². The molecule has 0 spiro atoms. The van der Waals surface area contributed by atoms with E-state index in [1.807, 2.05) is 49.6 Å². The number of amides is 1. The van der Waals surface area contributed by atoms with Crippen LogP contribution in [0.4, 0.5) is 0 Å². The standard InChI is InChI=1S/C26H26N2O4S.Li/c1-17-5-3-4-6-20(17)22-15-18(7-9-19-16-27-13-11-24(19)29)8-10-21(22)25(30)28-23(26(31)32)12-14-33-2;/h3-11,13,15-16,23H,12,14H2,1-2H3,(H,27,29)(H,28,30)(H,31,32);/q;+1/p-1/t23-;/m0./s1. The second kappa shape index (κ2) is 13.0. The third kappa shape index (κ3) is 7.01. The smallest absolute Gasteiger partial charge is 0.548 e. The molecule has 1 heterocycles. The van der Waals surface area contributed by atoms with Crippen molar-refractivity contribution in [3.8, 4) is 16.9 Å². The Morgan fingerprint density at radius 3 is 2.59 bits per heavy atom. The van der Waals surface area contributed by atoms with Crippen LogP contribution in [0.3, 0.4) is 0 Å². The topological polar surface area (TPSA) is 102 Å². The van der Waals surface area contributed by atoms with Crippen molar-refractivity contribution in [2.45, 2.75) is 19.4 Å². The van der Waals surface area contributed by atoms with Crippen LogP contribution in [0.1, 0.15) is 33.5 Å². The van der Waals surface area contributed by atoms with E-state index < -0.39 is 17.9 Å². The molecular formula is C26H25LiN2O4S. The van der Waals surface area contributed by atoms with Gasteiger partial charge in [-0.15, -0.1) is 0 Å². The van der Waals surface area contributed by atoms with Gasteiger partial charge < -0.3 is 20.3 Å². The summed E-state index contributed by atoms with van der Waals surface area (Å²) in [5.74, 6) is -1.06. The maximum Gasteiger partial charge on any atom is 1.00 e. The molecule has 0 radical (unpaired) electrons. The van der Waals surface area contributed by atoms with Gasteiger partial charge in [0.05, 0.1) is 12.0 Å². The molecule has 0 saturated carbocycles. The first kappa shape index (κ1) is 27.3. The minimum absolute atomic E-state index is 0. The quantitative estimate of drug-likeness (QED) is 0.445. The van der Waals surface area contributed by atoms with Crippen LogP contribution < -0.4 is 29.3 Å². The number of aliphatic carboxylic acids is 1. The number of benzene rings is 2. The van der Waals surface area contributed by atoms with Crippen molar-refractivity contribution in [1.82, 2.24) is 10.3 Å². The van der Waals surface area contributed by atoms with Crippen LogP contribution in [-0.2, 0) is 4.79 Å². The molecular weight excluding hydrogens is 443 g/mol. The van der Waals surface area contributed by atoms with Crippen LogP contribution in [-0.4, -0.2) is 40.0 Å². The molecule has 3 aromatic rings. The van der Waals surface area contributed by atoms with Crippen molar-refractivity contribution in [1.29, 1.82) is 0 Å². The van der Waals surface area contributed by atoms with E-state index in [1.165, 1.54) is 24.0 Å². The van der Waals surface area contributed by atoms with Gasteiger partial charge in [-0.3, -0.25) is 9.78 Å². The Morgan fingerprint density at radius 1 is 1.15 bits per heavy atom. The number of rotatable bonds is 9. The Balaban J connectivity index is 0.00000408. The summed E-state index contributed by atoms with van der Waals surface area (Å²) in [6.07, 6.45) is 8.79. The van der Waals surface area contributed by atoms with Crippen LogP contribution in [0.2, 0.25) is 0 Å². The molecule has 2 aromatic carbocycles. The Kier molecular flexibility index (Phi) is 10.5. The normalized spacial score (nSPS) is 11.6. The van der Waals surface area contributed by atoms with Crippen LogP contribution in [0.25, 0.3) is 23.3 Å². The second-order valence-electron chi connectivity index (χ2n) is 7.51. The summed E-state index contributed by atoms with van der Waals surface area (Å²) < 4.78 is 0. The maximum absolute atomic E-state index is 13.1. The van der Waals surface area contributed by atoms with Crippen molar-refractivity contribution < 1.29 is 38.7 Å². The first-order valence-corrected chi connectivity index (χ1v) is 11.8. The number of hydrogen-bond acceptors (Lipinski definition) is 6. The zero-order valence-electron chi connectivity index (χ0n) is 19.4. The number of hydrogen-bond donors (Lipinski definition) is 2. The summed E-state index contributed by atoms with van der Waals surface area (Å²) >= 11 is 1.51. The molecule has 6 nitrogen and oxygen atoms in total. The van der Waals surface area contributed by atoms with Gasteiger partial charge in [0.2, 0.25) is 0 Å². The molecule has 1 amide bonds. The van der Waals surface area contributed by atoms with E-state index in [-0.39, 0.29) is 31.0 Å². The minimum Gasteiger partial charge on any atom is -0.548 e. The van der Waals surface area contributed by atoms with Gasteiger partial charge in [-0.1, -0.05) is 36.4 Å². The van der Waals surface area contributed by atoms with E-state index in [2.05, 4.69) is 10.3 Å². The molecule has 0 saturated heterocycles. The fourth-order valence-electron chi connectivity index (χ4n) is 3.40. The first-order chi connectivity index (χ1) is 15.9. The van der Waals surface area contributed by atoms with Crippen molar-refractivity contribution in [3.05, 3.63) is 83.2 Å². The first-order valence-electron chi connectivity index (χ1n) is 10.4. The fraction of sp³-hybridized carbons (Fsp3) is 0.192. The average Bonchev–Trinajstić information content (AvgIpc) is 2.81. The van der Waals surface area contributed by atoms with Gasteiger partial charge >= 0.3 is 18.9 Å². The van der Waals surface area contributed by atoms with Gasteiger partial charge in [0.25, 0.3) is 5.91 Å². The number of nitrogens with one attached hydrogen (secondary N) is 1. The zero-order valence-corrected chi connectivity index (χ0v) is 20.3. The molecule has 0 aliphatic rings. The molecule has 1 atom stereocenters. The van der Waals surface area contributed by atoms with E-state index in [1.54, 1.807) is 24.4 Å². The predicted molar refractivity (Wildman–Crippen MR) is 131 cm³/mol. The summed E-state index contributed by atoms with van der Waals surface area (Å²) in [7, 11) is 0. The van der Waals surface area contributed by atoms with Crippen LogP contribution in [0.15, 0.2) is 60.9 Å². The van der Waals surface area contributed by atoms with E-state index in [4.69, 9.17) is 0 Å². The number of carboxylic acid groups (broad SMARTS) is 1. The third-order valence-electron chi connectivity index (χ3n) is 5.21. The molecule has 170 valence electrons. The number of carbonyl (C=O) groups excluding carboxylic acids is 2. The molecule has 0 fully saturated rings. The average molecular weight is 469 g/mol. The van der Waals surface area contributed by atoms with Crippen molar-refractivity contribution in [2.75, 3.05) is 12.0 Å². The van der Waals surface area contributed by atoms with Crippen LogP contribution in [0, 0.1) is 6.92 Å². The summed E-state index contributed by atoms with van der Waals surface area (Å²) in [6, 6.07) is 13.5. The second-order valence-corrected chi connectivity index (χ2v) is 8.50. The summed E-state index contributed by atoms with van der Waals surface area (Å²) in [4.78, 5) is 28.6. The SMILES string of the molecule is CSCC[C@H](NC(=O)c1ccc(C=Cc2cnccc2O)cc1-c1ccccc1C)C(=O)[O-].[Li+]. The van der Waals surface area contributed by atoms with E-state index in [9.17, 15) is 19.8 Å². The molecule has 0 unspecified atom stereocenters. The summed E-state index contributed by atoms with van der Waals surface area (Å²) in [6.45, 7) is 1.95. The van der Waals surface area contributed by atoms with Crippen LogP contribution >= 0.6 is 11.8 Å². The van der Waals surface area contributed by atoms with E-state index in [0.29, 0.717) is 22.4 Å². The Morgan fingerprint density at radius 2 is 1.91 bits per heavy atom. The summed E-state index contributed by atoms with van der Waals surface area (Å²) in [5, 5.41) is 24.1. The Hall–Kier alpha value is -2.98. The molecule has 34 heavy (non-hydrogen) atoms. The van der Waals surface area contributed by atoms with Crippen LogP contribution in [0.5, 0.6) is 5.75 Å². The van der Waals surface area contributed by atoms with Gasteiger partial charge in [-0.05, 0) is 71.9 Å². The van der Waals surface area contributed by atoms with Crippen molar-refractivity contribution in [2.24, 2.45) is 0 Å². The Labute approximate surface area is 215 Å². The molecule has 1 aromatic heterocycles. The van der Waals surface area contributed by atoms with Gasteiger partial charge in [-0.25, -0.2) is 0 Å². The number of carbonyl (C=O) groups is 2. The largest absolute Gasteiger partial charge is 1.00 e. The monoisotopic (exact) mass is 468 g/mol. The van der Waals surface area contributed by atoms with Gasteiger partial charge in [0, 0.05) is 23.5 Å². The fourth-order valence-corrected chi connectivity index (χ4v) is 3.87. The molecule has 3 rings (SSSR count).